The third-order valence-electron chi connectivity index (χ3n) is 3.77. The van der Waals surface area contributed by atoms with Crippen molar-refractivity contribution < 1.29 is 19.1 Å². The van der Waals surface area contributed by atoms with Crippen LogP contribution in [0.15, 0.2) is 18.2 Å². The van der Waals surface area contributed by atoms with Crippen molar-refractivity contribution in [3.63, 3.8) is 0 Å². The quantitative estimate of drug-likeness (QED) is 0.744. The number of amides is 2. The molecule has 0 aliphatic heterocycles. The van der Waals surface area contributed by atoms with Crippen LogP contribution in [-0.2, 0) is 9.59 Å². The lowest BCUT2D eigenvalue weighted by Gasteiger charge is -2.31. The van der Waals surface area contributed by atoms with E-state index in [1.165, 1.54) is 18.2 Å². The van der Waals surface area contributed by atoms with Crippen LogP contribution in [0.2, 0.25) is 5.02 Å². The van der Waals surface area contributed by atoms with Crippen LogP contribution in [0.1, 0.15) is 32.1 Å². The number of anilines is 1. The Kier molecular flexibility index (Phi) is 5.37. The molecule has 0 saturated heterocycles. The number of carbonyl (C=O) groups excluding carboxylic acids is 2. The van der Waals surface area contributed by atoms with E-state index >= 15 is 0 Å². The molecule has 1 saturated carbocycles. The molecule has 2 rings (SSSR count). The van der Waals surface area contributed by atoms with Crippen LogP contribution in [0.4, 0.5) is 10.1 Å². The summed E-state index contributed by atoms with van der Waals surface area (Å²) in [5.41, 5.74) is -1.13. The molecule has 0 spiro atoms. The summed E-state index contributed by atoms with van der Waals surface area (Å²) in [6.07, 6.45) is 4.04. The van der Waals surface area contributed by atoms with E-state index in [1.54, 1.807) is 0 Å². The Labute approximate surface area is 132 Å². The third kappa shape index (κ3) is 4.18. The average Bonchev–Trinajstić information content (AvgIpc) is 2.50. The lowest BCUT2D eigenvalue weighted by atomic mass is 9.85. The van der Waals surface area contributed by atoms with Crippen LogP contribution in [0.3, 0.4) is 0 Å². The minimum absolute atomic E-state index is 0.0112. The molecule has 5 nitrogen and oxygen atoms in total. The van der Waals surface area contributed by atoms with Crippen molar-refractivity contribution in [3.8, 4) is 0 Å². The SMILES string of the molecule is O=C(NCC1(O)CCCCC1)C(=O)Nc1cccc(Cl)c1F. The fourth-order valence-corrected chi connectivity index (χ4v) is 2.67. The van der Waals surface area contributed by atoms with Gasteiger partial charge >= 0.3 is 11.8 Å². The van der Waals surface area contributed by atoms with E-state index in [4.69, 9.17) is 11.6 Å². The molecule has 22 heavy (non-hydrogen) atoms. The van der Waals surface area contributed by atoms with E-state index in [9.17, 15) is 19.1 Å². The highest BCUT2D eigenvalue weighted by atomic mass is 35.5. The molecule has 1 aromatic carbocycles. The number of hydrogen-bond acceptors (Lipinski definition) is 3. The maximum Gasteiger partial charge on any atom is 0.313 e. The van der Waals surface area contributed by atoms with Gasteiger partial charge in [-0.05, 0) is 25.0 Å². The summed E-state index contributed by atoms with van der Waals surface area (Å²) in [5.74, 6) is -2.71. The Hall–Kier alpha value is -1.66. The van der Waals surface area contributed by atoms with Crippen molar-refractivity contribution in [2.45, 2.75) is 37.7 Å². The van der Waals surface area contributed by atoms with Gasteiger partial charge in [-0.3, -0.25) is 9.59 Å². The summed E-state index contributed by atoms with van der Waals surface area (Å²) in [7, 11) is 0. The zero-order valence-electron chi connectivity index (χ0n) is 12.0. The van der Waals surface area contributed by atoms with Gasteiger partial charge in [-0.2, -0.15) is 0 Å². The van der Waals surface area contributed by atoms with Crippen molar-refractivity contribution in [2.75, 3.05) is 11.9 Å². The molecular formula is C15H18ClFN2O3. The minimum Gasteiger partial charge on any atom is -0.388 e. The molecule has 7 heteroatoms. The van der Waals surface area contributed by atoms with Gasteiger partial charge in [0.15, 0.2) is 5.82 Å². The van der Waals surface area contributed by atoms with E-state index < -0.39 is 23.2 Å². The first-order chi connectivity index (χ1) is 10.4. The summed E-state index contributed by atoms with van der Waals surface area (Å²) >= 11 is 5.60. The van der Waals surface area contributed by atoms with Crippen LogP contribution in [0, 0.1) is 5.82 Å². The van der Waals surface area contributed by atoms with Crippen molar-refractivity contribution in [2.24, 2.45) is 0 Å². The lowest BCUT2D eigenvalue weighted by Crippen LogP contribution is -2.47. The van der Waals surface area contributed by atoms with E-state index in [2.05, 4.69) is 10.6 Å². The van der Waals surface area contributed by atoms with Crippen molar-refractivity contribution in [1.29, 1.82) is 0 Å². The first kappa shape index (κ1) is 16.7. The highest BCUT2D eigenvalue weighted by molar-refractivity contribution is 6.39. The maximum absolute atomic E-state index is 13.6. The predicted octanol–water partition coefficient (Wildman–Crippen LogP) is 2.23. The number of benzene rings is 1. The molecule has 0 heterocycles. The molecule has 0 radical (unpaired) electrons. The number of nitrogens with one attached hydrogen (secondary N) is 2. The fourth-order valence-electron chi connectivity index (χ4n) is 2.49. The zero-order chi connectivity index (χ0) is 16.2. The molecule has 1 fully saturated rings. The predicted molar refractivity (Wildman–Crippen MR) is 81.1 cm³/mol. The monoisotopic (exact) mass is 328 g/mol. The fraction of sp³-hybridized carbons (Fsp3) is 0.467. The summed E-state index contributed by atoms with van der Waals surface area (Å²) in [4.78, 5) is 23.5. The number of halogens is 2. The second-order valence-electron chi connectivity index (χ2n) is 5.52. The molecule has 120 valence electrons. The Balaban J connectivity index is 1.89. The van der Waals surface area contributed by atoms with Crippen LogP contribution >= 0.6 is 11.6 Å². The van der Waals surface area contributed by atoms with Crippen LogP contribution in [-0.4, -0.2) is 29.1 Å². The molecule has 2 amide bonds. The summed E-state index contributed by atoms with van der Waals surface area (Å²) in [5, 5.41) is 14.7. The van der Waals surface area contributed by atoms with Crippen LogP contribution in [0.5, 0.6) is 0 Å². The van der Waals surface area contributed by atoms with Gasteiger partial charge in [-0.15, -0.1) is 0 Å². The molecule has 0 bridgehead atoms. The highest BCUT2D eigenvalue weighted by Gasteiger charge is 2.30. The number of hydrogen-bond donors (Lipinski definition) is 3. The summed E-state index contributed by atoms with van der Waals surface area (Å²) in [6.45, 7) is 0.0112. The van der Waals surface area contributed by atoms with Crippen LogP contribution in [0.25, 0.3) is 0 Å². The molecule has 1 aliphatic rings. The van der Waals surface area contributed by atoms with Crippen LogP contribution < -0.4 is 10.6 Å². The number of rotatable bonds is 3. The first-order valence-corrected chi connectivity index (χ1v) is 7.55. The molecule has 0 atom stereocenters. The van der Waals surface area contributed by atoms with E-state index in [0.717, 1.165) is 19.3 Å². The van der Waals surface area contributed by atoms with E-state index in [0.29, 0.717) is 12.8 Å². The number of carbonyl (C=O) groups is 2. The van der Waals surface area contributed by atoms with E-state index in [1.807, 2.05) is 0 Å². The van der Waals surface area contributed by atoms with Gasteiger partial charge in [-0.1, -0.05) is 36.9 Å². The Morgan fingerprint density at radius 3 is 2.59 bits per heavy atom. The van der Waals surface area contributed by atoms with Gasteiger partial charge in [0.1, 0.15) is 0 Å². The van der Waals surface area contributed by atoms with Gasteiger partial charge in [0.25, 0.3) is 0 Å². The zero-order valence-corrected chi connectivity index (χ0v) is 12.8. The highest BCUT2D eigenvalue weighted by Crippen LogP contribution is 2.27. The molecule has 0 unspecified atom stereocenters. The van der Waals surface area contributed by atoms with Gasteiger partial charge < -0.3 is 15.7 Å². The lowest BCUT2D eigenvalue weighted by molar-refractivity contribution is -0.137. The third-order valence-corrected chi connectivity index (χ3v) is 4.06. The number of aliphatic hydroxyl groups is 1. The normalized spacial score (nSPS) is 16.9. The van der Waals surface area contributed by atoms with E-state index in [-0.39, 0.29) is 17.3 Å². The molecular weight excluding hydrogens is 311 g/mol. The van der Waals surface area contributed by atoms with Crippen molar-refractivity contribution in [1.82, 2.24) is 5.32 Å². The standard InChI is InChI=1S/C15H18ClFN2O3/c16-10-5-4-6-11(12(10)17)19-14(21)13(20)18-9-15(22)7-2-1-3-8-15/h4-6,22H,1-3,7-9H2,(H,18,20)(H,19,21). The first-order valence-electron chi connectivity index (χ1n) is 7.17. The van der Waals surface area contributed by atoms with Gasteiger partial charge in [0.2, 0.25) is 0 Å². The molecule has 0 aromatic heterocycles. The Bertz CT molecular complexity index is 574. The van der Waals surface area contributed by atoms with Gasteiger partial charge in [0, 0.05) is 6.54 Å². The minimum atomic E-state index is -0.999. The topological polar surface area (TPSA) is 78.4 Å². The largest absolute Gasteiger partial charge is 0.388 e. The second-order valence-corrected chi connectivity index (χ2v) is 5.93. The molecule has 1 aliphatic carbocycles. The van der Waals surface area contributed by atoms with Gasteiger partial charge in [0.05, 0.1) is 16.3 Å². The maximum atomic E-state index is 13.6. The Morgan fingerprint density at radius 2 is 1.91 bits per heavy atom. The second kappa shape index (κ2) is 7.07. The van der Waals surface area contributed by atoms with Crippen molar-refractivity contribution in [3.05, 3.63) is 29.0 Å². The van der Waals surface area contributed by atoms with Gasteiger partial charge in [-0.25, -0.2) is 4.39 Å². The summed E-state index contributed by atoms with van der Waals surface area (Å²) < 4.78 is 13.6. The van der Waals surface area contributed by atoms with Crippen molar-refractivity contribution >= 4 is 29.1 Å². The summed E-state index contributed by atoms with van der Waals surface area (Å²) in [6, 6.07) is 4.11. The smallest absolute Gasteiger partial charge is 0.313 e. The average molecular weight is 329 g/mol. The Morgan fingerprint density at radius 1 is 1.23 bits per heavy atom. The molecule has 1 aromatic rings. The molecule has 3 N–H and O–H groups in total.